The maximum Gasteiger partial charge on any atom is 0.407 e. The van der Waals surface area contributed by atoms with Gasteiger partial charge in [-0.05, 0) is 22.3 Å². The Kier molecular flexibility index (Phi) is 6.97. The van der Waals surface area contributed by atoms with E-state index in [1.54, 1.807) is 0 Å². The minimum atomic E-state index is -1.16. The van der Waals surface area contributed by atoms with Crippen molar-refractivity contribution in [3.63, 3.8) is 0 Å². The normalized spacial score (nSPS) is 12.2. The number of carbonyl (C=O) groups is 3. The zero-order valence-corrected chi connectivity index (χ0v) is 18.2. The molecule has 1 heterocycles. The first-order valence-electron chi connectivity index (χ1n) is 10.7. The third kappa shape index (κ3) is 5.29. The fraction of sp³-hybridized carbons (Fsp3) is 0.208. The summed E-state index contributed by atoms with van der Waals surface area (Å²) in [6.45, 7) is 0.869. The van der Waals surface area contributed by atoms with Crippen molar-refractivity contribution >= 4 is 18.0 Å². The lowest BCUT2D eigenvalue weighted by molar-refractivity contribution is -0.116. The third-order valence-corrected chi connectivity index (χ3v) is 5.38. The first-order chi connectivity index (χ1) is 16.5. The smallest absolute Gasteiger partial charge is 0.407 e. The molecule has 174 valence electrons. The Morgan fingerprint density at radius 1 is 1.03 bits per heavy atom. The van der Waals surface area contributed by atoms with Crippen LogP contribution in [0.25, 0.3) is 11.1 Å². The van der Waals surface area contributed by atoms with Crippen LogP contribution in [0.4, 0.5) is 4.79 Å². The van der Waals surface area contributed by atoms with Crippen LogP contribution in [0.15, 0.2) is 66.9 Å². The summed E-state index contributed by atoms with van der Waals surface area (Å²) in [5.41, 5.74) is 4.43. The van der Waals surface area contributed by atoms with Gasteiger partial charge in [-0.25, -0.2) is 14.3 Å². The quantitative estimate of drug-likeness (QED) is 0.416. The Labute approximate surface area is 195 Å². The van der Waals surface area contributed by atoms with Gasteiger partial charge in [-0.1, -0.05) is 59.8 Å². The predicted octanol–water partition coefficient (Wildman–Crippen LogP) is 2.19. The first-order valence-corrected chi connectivity index (χ1v) is 10.7. The highest BCUT2D eigenvalue weighted by Crippen LogP contribution is 2.44. The van der Waals surface area contributed by atoms with E-state index in [0.717, 1.165) is 22.3 Å². The van der Waals surface area contributed by atoms with Gasteiger partial charge in [0.05, 0.1) is 12.7 Å². The monoisotopic (exact) mass is 461 g/mol. The number of alkyl carbamates (subject to hydrolysis) is 1. The number of benzene rings is 2. The van der Waals surface area contributed by atoms with Crippen LogP contribution < -0.4 is 10.6 Å². The summed E-state index contributed by atoms with van der Waals surface area (Å²) in [4.78, 5) is 34.7. The number of hydrogen-bond acceptors (Lipinski definition) is 6. The minimum absolute atomic E-state index is 0.0176. The number of carboxylic acids is 1. The van der Waals surface area contributed by atoms with Gasteiger partial charge < -0.3 is 20.5 Å². The Bertz CT molecular complexity index is 1190. The van der Waals surface area contributed by atoms with Crippen molar-refractivity contribution in [2.45, 2.75) is 12.5 Å². The van der Waals surface area contributed by atoms with Crippen LogP contribution >= 0.6 is 0 Å². The van der Waals surface area contributed by atoms with E-state index < -0.39 is 12.1 Å². The molecule has 1 aliphatic carbocycles. The predicted molar refractivity (Wildman–Crippen MR) is 122 cm³/mol. The number of nitrogens with zero attached hydrogens (tertiary/aromatic N) is 3. The van der Waals surface area contributed by atoms with Gasteiger partial charge in [0.1, 0.15) is 6.61 Å². The molecule has 0 unspecified atom stereocenters. The second-order valence-electron chi connectivity index (χ2n) is 7.57. The van der Waals surface area contributed by atoms with Crippen LogP contribution in [0.3, 0.4) is 0 Å². The maximum atomic E-state index is 12.1. The molecule has 3 N–H and O–H groups in total. The molecule has 3 aromatic rings. The highest BCUT2D eigenvalue weighted by Gasteiger charge is 2.28. The molecule has 10 heteroatoms. The van der Waals surface area contributed by atoms with Crippen LogP contribution in [-0.2, 0) is 16.1 Å². The number of carbonyl (C=O) groups excluding carboxylic acids is 2. The van der Waals surface area contributed by atoms with Gasteiger partial charge in [0.2, 0.25) is 5.91 Å². The average Bonchev–Trinajstić information content (AvgIpc) is 3.44. The molecular weight excluding hydrogens is 438 g/mol. The van der Waals surface area contributed by atoms with E-state index in [4.69, 9.17) is 9.84 Å². The van der Waals surface area contributed by atoms with Crippen LogP contribution in [0.5, 0.6) is 0 Å². The van der Waals surface area contributed by atoms with Crippen molar-refractivity contribution in [2.75, 3.05) is 19.7 Å². The standard InChI is InChI=1S/C24H23N5O5/c30-22(25-12-13-29-14-21(23(31)32)27-28-29)10-5-11-26-24(33)34-15-20-18-8-3-1-6-16(18)17-7-2-4-9-19(17)20/h1-10,14,20H,11-13,15H2,(H,25,30)(H,26,33)(H,31,32)/b10-5+. The SMILES string of the molecule is O=C(/C=C/CNC(=O)OCC1c2ccccc2-c2ccccc21)NCCn1cc(C(=O)O)nn1. The van der Waals surface area contributed by atoms with Crippen LogP contribution in [-0.4, -0.2) is 57.8 Å². The van der Waals surface area contributed by atoms with Gasteiger partial charge >= 0.3 is 12.1 Å². The molecule has 0 aliphatic heterocycles. The van der Waals surface area contributed by atoms with E-state index in [-0.39, 0.29) is 43.8 Å². The highest BCUT2D eigenvalue weighted by atomic mass is 16.5. The summed E-state index contributed by atoms with van der Waals surface area (Å²) in [5, 5.41) is 21.2. The van der Waals surface area contributed by atoms with E-state index in [1.165, 1.54) is 23.0 Å². The lowest BCUT2D eigenvalue weighted by Crippen LogP contribution is -2.27. The van der Waals surface area contributed by atoms with E-state index in [1.807, 2.05) is 24.3 Å². The van der Waals surface area contributed by atoms with Crippen molar-refractivity contribution in [3.05, 3.63) is 83.7 Å². The molecule has 0 saturated carbocycles. The number of rotatable bonds is 9. The van der Waals surface area contributed by atoms with Crippen LogP contribution in [0.1, 0.15) is 27.5 Å². The molecule has 2 aromatic carbocycles. The zero-order chi connectivity index (χ0) is 23.9. The Morgan fingerprint density at radius 3 is 2.35 bits per heavy atom. The fourth-order valence-corrected chi connectivity index (χ4v) is 3.82. The summed E-state index contributed by atoms with van der Waals surface area (Å²) >= 11 is 0. The summed E-state index contributed by atoms with van der Waals surface area (Å²) in [6.07, 6.45) is 3.53. The van der Waals surface area contributed by atoms with Crippen LogP contribution in [0, 0.1) is 0 Å². The molecule has 0 atom stereocenters. The molecule has 0 spiro atoms. The van der Waals surface area contributed by atoms with Gasteiger partial charge in [0.25, 0.3) is 0 Å². The van der Waals surface area contributed by atoms with Gasteiger partial charge in [-0.3, -0.25) is 4.79 Å². The first kappa shape index (κ1) is 22.7. The van der Waals surface area contributed by atoms with E-state index in [2.05, 4.69) is 45.2 Å². The molecular formula is C24H23N5O5. The van der Waals surface area contributed by atoms with Gasteiger partial charge in [-0.15, -0.1) is 5.10 Å². The molecule has 0 radical (unpaired) electrons. The molecule has 10 nitrogen and oxygen atoms in total. The van der Waals surface area contributed by atoms with Gasteiger partial charge in [0, 0.05) is 25.1 Å². The minimum Gasteiger partial charge on any atom is -0.476 e. The van der Waals surface area contributed by atoms with Gasteiger partial charge in [-0.2, -0.15) is 0 Å². The number of aromatic nitrogens is 3. The van der Waals surface area contributed by atoms with E-state index in [9.17, 15) is 14.4 Å². The number of fused-ring (bicyclic) bond motifs is 3. The number of carboxylic acid groups (broad SMARTS) is 1. The number of ether oxygens (including phenoxy) is 1. The molecule has 1 aliphatic rings. The fourth-order valence-electron chi connectivity index (χ4n) is 3.82. The lowest BCUT2D eigenvalue weighted by Gasteiger charge is -2.14. The number of nitrogens with one attached hydrogen (secondary N) is 2. The van der Waals surface area contributed by atoms with Crippen molar-refractivity contribution in [3.8, 4) is 11.1 Å². The van der Waals surface area contributed by atoms with E-state index in [0.29, 0.717) is 0 Å². The second kappa shape index (κ2) is 10.4. The maximum absolute atomic E-state index is 12.1. The molecule has 1 aromatic heterocycles. The summed E-state index contributed by atoms with van der Waals surface area (Å²) in [6, 6.07) is 16.2. The third-order valence-electron chi connectivity index (χ3n) is 5.38. The Morgan fingerprint density at radius 2 is 1.71 bits per heavy atom. The molecule has 0 saturated heterocycles. The van der Waals surface area contributed by atoms with Crippen molar-refractivity contribution in [1.29, 1.82) is 0 Å². The summed E-state index contributed by atoms with van der Waals surface area (Å²) < 4.78 is 6.76. The van der Waals surface area contributed by atoms with Crippen molar-refractivity contribution in [1.82, 2.24) is 25.6 Å². The van der Waals surface area contributed by atoms with Crippen molar-refractivity contribution in [2.24, 2.45) is 0 Å². The van der Waals surface area contributed by atoms with Gasteiger partial charge in [0.15, 0.2) is 5.69 Å². The number of hydrogen-bond donors (Lipinski definition) is 3. The average molecular weight is 461 g/mol. The molecule has 2 amide bonds. The Hall–Kier alpha value is -4.47. The molecule has 0 fully saturated rings. The van der Waals surface area contributed by atoms with Crippen LogP contribution in [0.2, 0.25) is 0 Å². The zero-order valence-electron chi connectivity index (χ0n) is 18.2. The highest BCUT2D eigenvalue weighted by molar-refractivity contribution is 5.87. The molecule has 34 heavy (non-hydrogen) atoms. The largest absolute Gasteiger partial charge is 0.476 e. The summed E-state index contributed by atoms with van der Waals surface area (Å²) in [5.74, 6) is -1.54. The number of aromatic carboxylic acids is 1. The Balaban J connectivity index is 1.17. The molecule has 0 bridgehead atoms. The lowest BCUT2D eigenvalue weighted by atomic mass is 9.98. The second-order valence-corrected chi connectivity index (χ2v) is 7.57. The number of amides is 2. The molecule has 4 rings (SSSR count). The van der Waals surface area contributed by atoms with Crippen molar-refractivity contribution < 1.29 is 24.2 Å². The topological polar surface area (TPSA) is 135 Å². The summed E-state index contributed by atoms with van der Waals surface area (Å²) in [7, 11) is 0. The van der Waals surface area contributed by atoms with E-state index >= 15 is 0 Å².